The van der Waals surface area contributed by atoms with Gasteiger partial charge in [-0.15, -0.1) is 0 Å². The molecule has 0 heteroatoms. The highest BCUT2D eigenvalue weighted by atomic mass is 14.5. The molecule has 0 nitrogen and oxygen atoms in total. The fourth-order valence-corrected chi connectivity index (χ4v) is 11.1. The average molecular weight is 797 g/mol. The van der Waals surface area contributed by atoms with E-state index in [-0.39, 0.29) is 0 Å². The maximum absolute atomic E-state index is 2.47. The summed E-state index contributed by atoms with van der Waals surface area (Å²) >= 11 is 0. The maximum Gasteiger partial charge on any atom is 0.0713 e. The minimum atomic E-state index is -0.440. The van der Waals surface area contributed by atoms with Crippen molar-refractivity contribution in [2.75, 3.05) is 0 Å². The van der Waals surface area contributed by atoms with Gasteiger partial charge in [0.2, 0.25) is 0 Å². The van der Waals surface area contributed by atoms with Crippen molar-refractivity contribution in [3.63, 3.8) is 0 Å². The molecule has 0 aliphatic heterocycles. The van der Waals surface area contributed by atoms with E-state index in [4.69, 9.17) is 0 Å². The van der Waals surface area contributed by atoms with E-state index < -0.39 is 5.41 Å². The van der Waals surface area contributed by atoms with Crippen LogP contribution in [0.1, 0.15) is 22.3 Å². The van der Waals surface area contributed by atoms with Crippen LogP contribution in [0.2, 0.25) is 0 Å². The Morgan fingerprint density at radius 3 is 1.33 bits per heavy atom. The molecule has 0 amide bonds. The second-order valence-corrected chi connectivity index (χ2v) is 17.1. The smallest absolute Gasteiger partial charge is 0.0622 e. The van der Waals surface area contributed by atoms with Gasteiger partial charge in [0.1, 0.15) is 0 Å². The molecule has 0 unspecified atom stereocenters. The minimum Gasteiger partial charge on any atom is -0.0622 e. The van der Waals surface area contributed by atoms with E-state index in [1.807, 2.05) is 0 Å². The molecule has 0 heterocycles. The molecule has 0 fully saturated rings. The van der Waals surface area contributed by atoms with Gasteiger partial charge in [-0.3, -0.25) is 0 Å². The molecule has 12 aromatic rings. The van der Waals surface area contributed by atoms with Crippen LogP contribution >= 0.6 is 0 Å². The molecule has 0 aromatic heterocycles. The predicted octanol–water partition coefficient (Wildman–Crippen LogP) is 16.8. The first-order valence-corrected chi connectivity index (χ1v) is 22.0. The van der Waals surface area contributed by atoms with Gasteiger partial charge >= 0.3 is 0 Å². The summed E-state index contributed by atoms with van der Waals surface area (Å²) in [4.78, 5) is 0. The summed E-state index contributed by atoms with van der Waals surface area (Å²) in [5, 5.41) is 10.3. The summed E-state index contributed by atoms with van der Waals surface area (Å²) in [6.45, 7) is 0. The summed E-state index contributed by atoms with van der Waals surface area (Å²) in [7, 11) is 0. The van der Waals surface area contributed by atoms with Crippen molar-refractivity contribution in [3.05, 3.63) is 265 Å². The molecular formula is C63H40. The Kier molecular flexibility index (Phi) is 7.92. The quantitative estimate of drug-likeness (QED) is 0.147. The summed E-state index contributed by atoms with van der Waals surface area (Å²) in [6.07, 6.45) is 0. The van der Waals surface area contributed by atoms with Gasteiger partial charge in [-0.05, 0) is 139 Å². The van der Waals surface area contributed by atoms with Crippen LogP contribution in [-0.2, 0) is 5.41 Å². The lowest BCUT2D eigenvalue weighted by Gasteiger charge is -2.34. The Morgan fingerprint density at radius 1 is 0.222 bits per heavy atom. The molecule has 0 bridgehead atoms. The third-order valence-electron chi connectivity index (χ3n) is 13.9. The van der Waals surface area contributed by atoms with Gasteiger partial charge in [-0.1, -0.05) is 224 Å². The zero-order valence-electron chi connectivity index (χ0n) is 34.6. The van der Waals surface area contributed by atoms with Crippen molar-refractivity contribution in [1.29, 1.82) is 0 Å². The molecule has 292 valence electrons. The standard InChI is InChI=1S/C63H40/c1-3-20-49(21-4-1)63(50-22-5-2-6-23-50)59-27-10-9-25-55(59)56-35-32-45(40-60(56)63)44-16-11-17-46(38-44)53-33-28-42-31-37-58-54(34-29-43-30-36-57(53)61(42)62(43)58)48-19-12-18-47(39-48)52-26-13-15-41-14-7-8-24-51(41)52/h1-40H. The van der Waals surface area contributed by atoms with Crippen LogP contribution in [0.3, 0.4) is 0 Å². The Bertz CT molecular complexity index is 3680. The van der Waals surface area contributed by atoms with Gasteiger partial charge < -0.3 is 0 Å². The predicted molar refractivity (Wildman–Crippen MR) is 267 cm³/mol. The Morgan fingerprint density at radius 2 is 0.667 bits per heavy atom. The van der Waals surface area contributed by atoms with Crippen LogP contribution in [0.25, 0.3) is 98.7 Å². The molecule has 0 radical (unpaired) electrons. The zero-order chi connectivity index (χ0) is 41.5. The molecule has 0 spiro atoms. The Hall–Kier alpha value is -8.06. The topological polar surface area (TPSA) is 0 Å². The molecular weight excluding hydrogens is 757 g/mol. The zero-order valence-corrected chi connectivity index (χ0v) is 34.6. The van der Waals surface area contributed by atoms with Crippen molar-refractivity contribution in [3.8, 4) is 55.6 Å². The molecule has 1 aliphatic rings. The first-order valence-electron chi connectivity index (χ1n) is 22.0. The van der Waals surface area contributed by atoms with Crippen LogP contribution in [0.5, 0.6) is 0 Å². The van der Waals surface area contributed by atoms with Gasteiger partial charge in [-0.2, -0.15) is 0 Å². The SMILES string of the molecule is c1ccc(C2(c3ccccc3)c3ccccc3-c3ccc(-c4cccc(-c5ccc6ccc7c(-c8cccc(-c9cccc%10ccccc9%10)c8)ccc8ccc5c6c87)c4)cc32)cc1. The highest BCUT2D eigenvalue weighted by Crippen LogP contribution is 2.57. The van der Waals surface area contributed by atoms with E-state index >= 15 is 0 Å². The molecule has 13 rings (SSSR count). The summed E-state index contributed by atoms with van der Waals surface area (Å²) in [6, 6.07) is 90.4. The Balaban J connectivity index is 0.949. The molecule has 63 heavy (non-hydrogen) atoms. The summed E-state index contributed by atoms with van der Waals surface area (Å²) in [5.41, 5.74) is 17.2. The normalized spacial score (nSPS) is 12.9. The third kappa shape index (κ3) is 5.35. The van der Waals surface area contributed by atoms with Gasteiger partial charge in [0.25, 0.3) is 0 Å². The first-order chi connectivity index (χ1) is 31.2. The third-order valence-corrected chi connectivity index (χ3v) is 13.9. The van der Waals surface area contributed by atoms with Gasteiger partial charge in [-0.25, -0.2) is 0 Å². The second-order valence-electron chi connectivity index (χ2n) is 17.1. The van der Waals surface area contributed by atoms with Crippen LogP contribution in [-0.4, -0.2) is 0 Å². The lowest BCUT2D eigenvalue weighted by Crippen LogP contribution is -2.28. The number of rotatable bonds is 6. The average Bonchev–Trinajstić information content (AvgIpc) is 3.66. The van der Waals surface area contributed by atoms with Crippen molar-refractivity contribution >= 4 is 43.1 Å². The second kappa shape index (κ2) is 14.0. The van der Waals surface area contributed by atoms with E-state index in [2.05, 4.69) is 243 Å². The number of fused-ring (bicyclic) bond motifs is 4. The van der Waals surface area contributed by atoms with E-state index in [0.29, 0.717) is 0 Å². The molecule has 0 N–H and O–H groups in total. The number of benzene rings is 12. The maximum atomic E-state index is 2.47. The number of hydrogen-bond acceptors (Lipinski definition) is 0. The van der Waals surface area contributed by atoms with Crippen LogP contribution < -0.4 is 0 Å². The first kappa shape index (κ1) is 35.7. The van der Waals surface area contributed by atoms with Crippen molar-refractivity contribution in [1.82, 2.24) is 0 Å². The van der Waals surface area contributed by atoms with E-state index in [1.54, 1.807) is 0 Å². The fourth-order valence-electron chi connectivity index (χ4n) is 11.1. The van der Waals surface area contributed by atoms with Crippen LogP contribution in [0.4, 0.5) is 0 Å². The lowest BCUT2D eigenvalue weighted by molar-refractivity contribution is 0.769. The molecule has 0 saturated heterocycles. The highest BCUT2D eigenvalue weighted by Gasteiger charge is 2.46. The van der Waals surface area contributed by atoms with E-state index in [1.165, 1.54) is 121 Å². The molecule has 0 atom stereocenters. The summed E-state index contributed by atoms with van der Waals surface area (Å²) < 4.78 is 0. The van der Waals surface area contributed by atoms with Crippen molar-refractivity contribution in [2.24, 2.45) is 0 Å². The van der Waals surface area contributed by atoms with Gasteiger partial charge in [0, 0.05) is 0 Å². The summed E-state index contributed by atoms with van der Waals surface area (Å²) in [5.74, 6) is 0. The molecule has 0 saturated carbocycles. The Labute approximate surface area is 367 Å². The largest absolute Gasteiger partial charge is 0.0713 e. The molecule has 1 aliphatic carbocycles. The monoisotopic (exact) mass is 796 g/mol. The fraction of sp³-hybridized carbons (Fsp3) is 0.0159. The number of hydrogen-bond donors (Lipinski definition) is 0. The highest BCUT2D eigenvalue weighted by molar-refractivity contribution is 6.27. The minimum absolute atomic E-state index is 0.440. The van der Waals surface area contributed by atoms with E-state index in [9.17, 15) is 0 Å². The molecule has 12 aromatic carbocycles. The lowest BCUT2D eigenvalue weighted by atomic mass is 9.67. The van der Waals surface area contributed by atoms with E-state index in [0.717, 1.165) is 0 Å². The van der Waals surface area contributed by atoms with Gasteiger partial charge in [0.05, 0.1) is 5.41 Å². The van der Waals surface area contributed by atoms with Crippen LogP contribution in [0, 0.1) is 0 Å². The van der Waals surface area contributed by atoms with Crippen LogP contribution in [0.15, 0.2) is 243 Å². The van der Waals surface area contributed by atoms with Gasteiger partial charge in [0.15, 0.2) is 0 Å². The van der Waals surface area contributed by atoms with Crippen molar-refractivity contribution in [2.45, 2.75) is 5.41 Å². The van der Waals surface area contributed by atoms with Crippen molar-refractivity contribution < 1.29 is 0 Å².